The Morgan fingerprint density at radius 2 is 1.86 bits per heavy atom. The van der Waals surface area contributed by atoms with Crippen molar-refractivity contribution >= 4 is 11.7 Å². The fraction of sp³-hybridized carbons (Fsp3) is 0.913. The number of amides is 1. The van der Waals surface area contributed by atoms with Crippen LogP contribution in [0.1, 0.15) is 72.6 Å². The molecule has 0 radical (unpaired) electrons. The fourth-order valence-corrected chi connectivity index (χ4v) is 5.32. The smallest absolute Gasteiger partial charge is 0.222 e. The Kier molecular flexibility index (Phi) is 9.93. The molecule has 0 aromatic carbocycles. The van der Waals surface area contributed by atoms with Crippen LogP contribution in [0.5, 0.6) is 0 Å². The molecule has 1 saturated heterocycles. The van der Waals surface area contributed by atoms with E-state index in [0.717, 1.165) is 84.3 Å². The largest absolute Gasteiger partial charge is 0.343 e. The molecule has 5 nitrogen and oxygen atoms in total. The maximum Gasteiger partial charge on any atom is 0.222 e. The predicted octanol–water partition coefficient (Wildman–Crippen LogP) is 3.43. The summed E-state index contributed by atoms with van der Waals surface area (Å²) in [6, 6.07) is 0.570. The summed E-state index contributed by atoms with van der Waals surface area (Å²) in [5, 5.41) is 0. The van der Waals surface area contributed by atoms with E-state index in [-0.39, 0.29) is 0 Å². The number of nitrogens with zero attached hydrogens (tertiary/aromatic N) is 3. The van der Waals surface area contributed by atoms with Gasteiger partial charge in [0.2, 0.25) is 5.91 Å². The second-order valence-corrected chi connectivity index (χ2v) is 8.76. The van der Waals surface area contributed by atoms with Crippen molar-refractivity contribution in [3.8, 4) is 0 Å². The van der Waals surface area contributed by atoms with Crippen molar-refractivity contribution in [2.45, 2.75) is 78.7 Å². The molecule has 2 fully saturated rings. The Balaban J connectivity index is 1.88. The van der Waals surface area contributed by atoms with E-state index in [1.54, 1.807) is 0 Å². The van der Waals surface area contributed by atoms with Crippen LogP contribution in [0.4, 0.5) is 0 Å². The number of likely N-dealkylation sites (tertiary alicyclic amines) is 1. The molecule has 2 rings (SSSR count). The highest BCUT2D eigenvalue weighted by Crippen LogP contribution is 2.37. The van der Waals surface area contributed by atoms with Crippen LogP contribution in [0.2, 0.25) is 0 Å². The van der Waals surface area contributed by atoms with Gasteiger partial charge in [-0.15, -0.1) is 0 Å². The van der Waals surface area contributed by atoms with Gasteiger partial charge in [0.25, 0.3) is 0 Å². The minimum atomic E-state index is 0.309. The quantitative estimate of drug-likeness (QED) is 0.539. The normalized spacial score (nSPS) is 25.8. The Hall–Kier alpha value is -0.940. The maximum absolute atomic E-state index is 13.0. The van der Waals surface area contributed by atoms with Gasteiger partial charge in [0, 0.05) is 44.9 Å². The van der Waals surface area contributed by atoms with Gasteiger partial charge in [0.1, 0.15) is 5.78 Å². The number of carbonyl (C=O) groups is 2. The Morgan fingerprint density at radius 3 is 2.50 bits per heavy atom. The first-order valence-corrected chi connectivity index (χ1v) is 11.8. The first-order valence-electron chi connectivity index (χ1n) is 11.8. The number of hydrogen-bond acceptors (Lipinski definition) is 4. The van der Waals surface area contributed by atoms with E-state index < -0.39 is 0 Å². The summed E-state index contributed by atoms with van der Waals surface area (Å²) in [5.41, 5.74) is 0. The summed E-state index contributed by atoms with van der Waals surface area (Å²) in [6.07, 6.45) is 6.40. The summed E-state index contributed by atoms with van der Waals surface area (Å²) in [7, 11) is 0. The van der Waals surface area contributed by atoms with Crippen LogP contribution in [-0.2, 0) is 9.59 Å². The van der Waals surface area contributed by atoms with Gasteiger partial charge < -0.3 is 9.80 Å². The molecule has 0 spiro atoms. The highest BCUT2D eigenvalue weighted by molar-refractivity contribution is 5.79. The van der Waals surface area contributed by atoms with E-state index in [1.807, 2.05) is 4.90 Å². The van der Waals surface area contributed by atoms with Gasteiger partial charge in [-0.05, 0) is 70.6 Å². The summed E-state index contributed by atoms with van der Waals surface area (Å²) in [6.45, 7) is 15.7. The number of rotatable bonds is 11. The predicted molar refractivity (Wildman–Crippen MR) is 115 cm³/mol. The molecular weight excluding hydrogens is 350 g/mol. The highest BCUT2D eigenvalue weighted by Gasteiger charge is 2.39. The second-order valence-electron chi connectivity index (χ2n) is 8.76. The van der Waals surface area contributed by atoms with E-state index >= 15 is 0 Å². The molecule has 1 aliphatic carbocycles. The van der Waals surface area contributed by atoms with Crippen molar-refractivity contribution in [2.24, 2.45) is 11.8 Å². The minimum absolute atomic E-state index is 0.309. The van der Waals surface area contributed by atoms with E-state index in [2.05, 4.69) is 37.5 Å². The molecular formula is C23H43N3O2. The van der Waals surface area contributed by atoms with Crippen molar-refractivity contribution in [1.82, 2.24) is 14.7 Å². The number of fused-ring (bicyclic) bond motifs is 1. The first kappa shape index (κ1) is 23.3. The summed E-state index contributed by atoms with van der Waals surface area (Å²) in [4.78, 5) is 32.0. The zero-order valence-electron chi connectivity index (χ0n) is 18.8. The van der Waals surface area contributed by atoms with Crippen LogP contribution >= 0.6 is 0 Å². The Labute approximate surface area is 172 Å². The molecule has 1 amide bonds. The van der Waals surface area contributed by atoms with Crippen LogP contribution in [0.15, 0.2) is 0 Å². The molecule has 162 valence electrons. The van der Waals surface area contributed by atoms with Gasteiger partial charge >= 0.3 is 0 Å². The topological polar surface area (TPSA) is 43.9 Å². The lowest BCUT2D eigenvalue weighted by Crippen LogP contribution is -2.52. The maximum atomic E-state index is 13.0. The minimum Gasteiger partial charge on any atom is -0.343 e. The third kappa shape index (κ3) is 6.55. The molecule has 0 aromatic heterocycles. The van der Waals surface area contributed by atoms with Gasteiger partial charge in [0.05, 0.1) is 0 Å². The van der Waals surface area contributed by atoms with Crippen LogP contribution < -0.4 is 0 Å². The average Bonchev–Trinajstić information content (AvgIpc) is 2.68. The zero-order valence-corrected chi connectivity index (χ0v) is 18.8. The highest BCUT2D eigenvalue weighted by atomic mass is 16.2. The van der Waals surface area contributed by atoms with Gasteiger partial charge in [-0.3, -0.25) is 14.5 Å². The Bertz CT molecular complexity index is 492. The average molecular weight is 394 g/mol. The molecule has 3 atom stereocenters. The number of piperidine rings is 1. The van der Waals surface area contributed by atoms with Crippen LogP contribution in [0.25, 0.3) is 0 Å². The second kappa shape index (κ2) is 11.9. The number of hydrogen-bond donors (Lipinski definition) is 0. The molecule has 0 N–H and O–H groups in total. The van der Waals surface area contributed by atoms with Crippen LogP contribution in [0.3, 0.4) is 0 Å². The van der Waals surface area contributed by atoms with Gasteiger partial charge in [0.15, 0.2) is 0 Å². The lowest BCUT2D eigenvalue weighted by Gasteiger charge is -2.47. The van der Waals surface area contributed by atoms with Crippen molar-refractivity contribution in [2.75, 3.05) is 45.8 Å². The number of Topliss-reactive ketones (excluding diaryl/α,β-unsaturated/α-hetero) is 1. The molecule has 1 heterocycles. The third-order valence-electron chi connectivity index (χ3n) is 6.86. The van der Waals surface area contributed by atoms with E-state index in [1.165, 1.54) is 0 Å². The number of ketones is 1. The Morgan fingerprint density at radius 1 is 1.11 bits per heavy atom. The summed E-state index contributed by atoms with van der Waals surface area (Å²) >= 11 is 0. The van der Waals surface area contributed by atoms with E-state index in [9.17, 15) is 9.59 Å². The van der Waals surface area contributed by atoms with Crippen molar-refractivity contribution in [3.05, 3.63) is 0 Å². The number of carbonyl (C=O) groups excluding carboxylic acids is 2. The van der Waals surface area contributed by atoms with E-state index in [0.29, 0.717) is 36.0 Å². The van der Waals surface area contributed by atoms with Crippen molar-refractivity contribution in [1.29, 1.82) is 0 Å². The fourth-order valence-electron chi connectivity index (χ4n) is 5.32. The van der Waals surface area contributed by atoms with Crippen molar-refractivity contribution < 1.29 is 9.59 Å². The van der Waals surface area contributed by atoms with Gasteiger partial charge in [-0.1, -0.05) is 20.8 Å². The summed E-state index contributed by atoms with van der Waals surface area (Å²) < 4.78 is 0. The SMILES string of the molecule is CCCN1C[C@@H](CC(=O)N(CC)CCCN(CC)CC)C[C@@H]2CC(=O)CC[C@H]21. The van der Waals surface area contributed by atoms with E-state index in [4.69, 9.17) is 0 Å². The lowest BCUT2D eigenvalue weighted by atomic mass is 9.73. The van der Waals surface area contributed by atoms with Gasteiger partial charge in [-0.25, -0.2) is 0 Å². The molecule has 0 aromatic rings. The van der Waals surface area contributed by atoms with Crippen molar-refractivity contribution in [3.63, 3.8) is 0 Å². The molecule has 5 heteroatoms. The molecule has 2 aliphatic rings. The monoisotopic (exact) mass is 393 g/mol. The summed E-state index contributed by atoms with van der Waals surface area (Å²) in [5.74, 6) is 1.61. The molecule has 1 aliphatic heterocycles. The molecule has 1 saturated carbocycles. The lowest BCUT2D eigenvalue weighted by molar-refractivity contribution is -0.133. The third-order valence-corrected chi connectivity index (χ3v) is 6.86. The first-order chi connectivity index (χ1) is 13.5. The van der Waals surface area contributed by atoms with Gasteiger partial charge in [-0.2, -0.15) is 0 Å². The standard InChI is InChI=1S/C23H43N3O2/c1-5-12-26-18-19(15-20-17-21(27)10-11-22(20)26)16-23(28)25(8-4)14-9-13-24(6-2)7-3/h19-20,22H,5-18H2,1-4H3/t19-,20-,22-/m1/s1. The van der Waals surface area contributed by atoms with Crippen LogP contribution in [0, 0.1) is 11.8 Å². The van der Waals surface area contributed by atoms with Crippen LogP contribution in [-0.4, -0.2) is 78.2 Å². The molecule has 0 unspecified atom stereocenters. The molecule has 0 bridgehead atoms. The zero-order chi connectivity index (χ0) is 20.5. The molecule has 28 heavy (non-hydrogen) atoms.